The Balaban J connectivity index is 1.70. The van der Waals surface area contributed by atoms with Crippen LogP contribution in [-0.2, 0) is 24.2 Å². The van der Waals surface area contributed by atoms with Crippen LogP contribution in [0.1, 0.15) is 44.4 Å². The van der Waals surface area contributed by atoms with E-state index in [1.54, 1.807) is 0 Å². The van der Waals surface area contributed by atoms with Gasteiger partial charge in [0.05, 0.1) is 0 Å². The predicted molar refractivity (Wildman–Crippen MR) is 105 cm³/mol. The van der Waals surface area contributed by atoms with E-state index >= 15 is 0 Å². The number of ether oxygens (including phenoxy) is 1. The summed E-state index contributed by atoms with van der Waals surface area (Å²) in [6.45, 7) is 9.20. The van der Waals surface area contributed by atoms with Crippen LogP contribution < -0.4 is 10.6 Å². The van der Waals surface area contributed by atoms with Crippen LogP contribution in [0.4, 0.5) is 4.79 Å². The van der Waals surface area contributed by atoms with E-state index in [1.807, 2.05) is 20.8 Å². The first-order valence-corrected chi connectivity index (χ1v) is 9.22. The maximum atomic E-state index is 11.8. The van der Waals surface area contributed by atoms with E-state index in [9.17, 15) is 4.79 Å². The minimum atomic E-state index is -0.480. The van der Waals surface area contributed by atoms with Gasteiger partial charge in [-0.15, -0.1) is 0 Å². The Morgan fingerprint density at radius 1 is 1.19 bits per heavy atom. The molecule has 1 unspecified atom stereocenters. The highest BCUT2D eigenvalue weighted by Crippen LogP contribution is 2.29. The van der Waals surface area contributed by atoms with Crippen LogP contribution in [0.15, 0.2) is 42.5 Å². The molecular weight excluding hydrogens is 324 g/mol. The molecule has 1 amide bonds. The maximum absolute atomic E-state index is 11.8. The molecule has 0 radical (unpaired) electrons. The Bertz CT molecular complexity index is 776. The second-order valence-electron chi connectivity index (χ2n) is 7.98. The molecule has 0 saturated carbocycles. The van der Waals surface area contributed by atoms with Crippen molar-refractivity contribution in [2.75, 3.05) is 0 Å². The lowest BCUT2D eigenvalue weighted by atomic mass is 9.88. The summed E-state index contributed by atoms with van der Waals surface area (Å²) >= 11 is 0. The lowest BCUT2D eigenvalue weighted by Crippen LogP contribution is -2.33. The predicted octanol–water partition coefficient (Wildman–Crippen LogP) is 4.41. The van der Waals surface area contributed by atoms with Crippen molar-refractivity contribution in [3.63, 3.8) is 0 Å². The number of hydrogen-bond acceptors (Lipinski definition) is 3. The Morgan fingerprint density at radius 2 is 1.92 bits per heavy atom. The summed E-state index contributed by atoms with van der Waals surface area (Å²) in [6, 6.07) is 15.4. The summed E-state index contributed by atoms with van der Waals surface area (Å²) in [7, 11) is 0. The molecule has 2 N–H and O–H groups in total. The average molecular weight is 352 g/mol. The summed E-state index contributed by atoms with van der Waals surface area (Å²) < 4.78 is 5.27. The van der Waals surface area contributed by atoms with Crippen LogP contribution in [0.2, 0.25) is 0 Å². The topological polar surface area (TPSA) is 50.4 Å². The fourth-order valence-electron chi connectivity index (χ4n) is 3.26. The van der Waals surface area contributed by atoms with Crippen LogP contribution in [0.3, 0.4) is 0 Å². The highest BCUT2D eigenvalue weighted by Gasteiger charge is 2.18. The zero-order chi connectivity index (χ0) is 18.7. The standard InChI is InChI=1S/C22H28N2O2/c1-15-12-20-18(14-23-15)6-5-7-19(20)17-10-8-16(9-11-17)13-24-21(25)26-22(2,3)4/h5-11,15,23H,12-14H2,1-4H3,(H,24,25). The minimum Gasteiger partial charge on any atom is -0.444 e. The molecule has 0 spiro atoms. The van der Waals surface area contributed by atoms with Crippen molar-refractivity contribution < 1.29 is 9.53 Å². The highest BCUT2D eigenvalue weighted by atomic mass is 16.6. The van der Waals surface area contributed by atoms with E-state index in [4.69, 9.17) is 4.74 Å². The molecule has 26 heavy (non-hydrogen) atoms. The van der Waals surface area contributed by atoms with Crippen LogP contribution in [0.5, 0.6) is 0 Å². The molecular formula is C22H28N2O2. The van der Waals surface area contributed by atoms with Gasteiger partial charge in [0.2, 0.25) is 0 Å². The third-order valence-electron chi connectivity index (χ3n) is 4.52. The molecule has 2 aromatic carbocycles. The summed E-state index contributed by atoms with van der Waals surface area (Å²) in [5.74, 6) is 0. The largest absolute Gasteiger partial charge is 0.444 e. The fourth-order valence-corrected chi connectivity index (χ4v) is 3.26. The molecule has 2 aromatic rings. The summed E-state index contributed by atoms with van der Waals surface area (Å²) in [4.78, 5) is 11.8. The van der Waals surface area contributed by atoms with Gasteiger partial charge in [0.15, 0.2) is 0 Å². The first-order valence-electron chi connectivity index (χ1n) is 9.22. The van der Waals surface area contributed by atoms with Gasteiger partial charge >= 0.3 is 6.09 Å². The van der Waals surface area contributed by atoms with E-state index in [2.05, 4.69) is 60.0 Å². The molecule has 4 heteroatoms. The minimum absolute atomic E-state index is 0.389. The third-order valence-corrected chi connectivity index (χ3v) is 4.52. The zero-order valence-electron chi connectivity index (χ0n) is 16.1. The molecule has 138 valence electrons. The van der Waals surface area contributed by atoms with Crippen LogP contribution >= 0.6 is 0 Å². The number of alkyl carbamates (subject to hydrolysis) is 1. The van der Waals surface area contributed by atoms with Crippen molar-refractivity contribution in [3.05, 3.63) is 59.2 Å². The molecule has 0 aromatic heterocycles. The van der Waals surface area contributed by atoms with Gasteiger partial charge in [0, 0.05) is 19.1 Å². The molecule has 4 nitrogen and oxygen atoms in total. The Kier molecular flexibility index (Phi) is 5.33. The van der Waals surface area contributed by atoms with Crippen molar-refractivity contribution in [2.24, 2.45) is 0 Å². The smallest absolute Gasteiger partial charge is 0.407 e. The molecule has 0 fully saturated rings. The van der Waals surface area contributed by atoms with Crippen molar-refractivity contribution in [1.82, 2.24) is 10.6 Å². The van der Waals surface area contributed by atoms with E-state index in [1.165, 1.54) is 22.3 Å². The third kappa shape index (κ3) is 4.64. The molecule has 1 atom stereocenters. The number of benzene rings is 2. The average Bonchev–Trinajstić information content (AvgIpc) is 2.58. The monoisotopic (exact) mass is 352 g/mol. The first kappa shape index (κ1) is 18.5. The quantitative estimate of drug-likeness (QED) is 0.860. The number of nitrogens with one attached hydrogen (secondary N) is 2. The van der Waals surface area contributed by atoms with Gasteiger partial charge in [0.25, 0.3) is 0 Å². The number of carbonyl (C=O) groups is 1. The van der Waals surface area contributed by atoms with E-state index in [0.717, 1.165) is 18.5 Å². The van der Waals surface area contributed by atoms with Gasteiger partial charge in [-0.1, -0.05) is 42.5 Å². The molecule has 1 aliphatic heterocycles. The Hall–Kier alpha value is -2.33. The van der Waals surface area contributed by atoms with Gasteiger partial charge in [-0.3, -0.25) is 0 Å². The summed E-state index contributed by atoms with van der Waals surface area (Å²) in [5, 5.41) is 6.32. The number of carbonyl (C=O) groups excluding carboxylic acids is 1. The van der Waals surface area contributed by atoms with E-state index in [0.29, 0.717) is 12.6 Å². The van der Waals surface area contributed by atoms with Crippen LogP contribution in [0, 0.1) is 0 Å². The number of hydrogen-bond donors (Lipinski definition) is 2. The maximum Gasteiger partial charge on any atom is 0.407 e. The summed E-state index contributed by atoms with van der Waals surface area (Å²) in [5.41, 5.74) is 5.93. The number of fused-ring (bicyclic) bond motifs is 1. The Labute approximate surface area is 156 Å². The molecule has 0 aliphatic carbocycles. The van der Waals surface area contributed by atoms with Crippen molar-refractivity contribution in [1.29, 1.82) is 0 Å². The molecule has 0 saturated heterocycles. The van der Waals surface area contributed by atoms with Gasteiger partial charge in [-0.2, -0.15) is 0 Å². The highest BCUT2D eigenvalue weighted by molar-refractivity contribution is 5.70. The van der Waals surface area contributed by atoms with Crippen LogP contribution in [0.25, 0.3) is 11.1 Å². The normalized spacial score (nSPS) is 16.7. The van der Waals surface area contributed by atoms with Crippen molar-refractivity contribution in [3.8, 4) is 11.1 Å². The van der Waals surface area contributed by atoms with Gasteiger partial charge < -0.3 is 15.4 Å². The molecule has 3 rings (SSSR count). The fraction of sp³-hybridized carbons (Fsp3) is 0.409. The number of amides is 1. The number of rotatable bonds is 3. The van der Waals surface area contributed by atoms with E-state index in [-0.39, 0.29) is 6.09 Å². The SMILES string of the molecule is CC1Cc2c(cccc2-c2ccc(CNC(=O)OC(C)(C)C)cc2)CN1. The molecule has 0 bridgehead atoms. The van der Waals surface area contributed by atoms with Gasteiger partial charge in [-0.05, 0) is 61.9 Å². The summed E-state index contributed by atoms with van der Waals surface area (Å²) in [6.07, 6.45) is 0.660. The molecule has 1 aliphatic rings. The van der Waals surface area contributed by atoms with E-state index < -0.39 is 5.60 Å². The van der Waals surface area contributed by atoms with Crippen LogP contribution in [-0.4, -0.2) is 17.7 Å². The second kappa shape index (κ2) is 7.50. The Morgan fingerprint density at radius 3 is 2.62 bits per heavy atom. The lowest BCUT2D eigenvalue weighted by Gasteiger charge is -2.25. The lowest BCUT2D eigenvalue weighted by molar-refractivity contribution is 0.0523. The zero-order valence-corrected chi connectivity index (χ0v) is 16.1. The van der Waals surface area contributed by atoms with Crippen molar-refractivity contribution >= 4 is 6.09 Å². The van der Waals surface area contributed by atoms with Gasteiger partial charge in [0.1, 0.15) is 5.60 Å². The van der Waals surface area contributed by atoms with Gasteiger partial charge in [-0.25, -0.2) is 4.79 Å². The first-order chi connectivity index (χ1) is 12.3. The molecule has 1 heterocycles. The van der Waals surface area contributed by atoms with Crippen molar-refractivity contribution in [2.45, 2.75) is 58.8 Å². The second-order valence-corrected chi connectivity index (χ2v) is 7.98.